The van der Waals surface area contributed by atoms with Gasteiger partial charge in [0.2, 0.25) is 5.91 Å². The number of anilines is 1. The Morgan fingerprint density at radius 1 is 0.912 bits per heavy atom. The molecule has 0 aromatic heterocycles. The molecule has 3 aromatic carbocycles. The molecule has 7 nitrogen and oxygen atoms in total. The third-order valence-corrected chi connectivity index (χ3v) is 5.56. The van der Waals surface area contributed by atoms with E-state index < -0.39 is 5.91 Å². The van der Waals surface area contributed by atoms with Gasteiger partial charge in [0, 0.05) is 15.9 Å². The first-order chi connectivity index (χ1) is 16.4. The summed E-state index contributed by atoms with van der Waals surface area (Å²) in [5.41, 5.74) is 5.60. The summed E-state index contributed by atoms with van der Waals surface area (Å²) >= 11 is 3.42. The smallest absolute Gasteiger partial charge is 0.277 e. The van der Waals surface area contributed by atoms with E-state index in [-0.39, 0.29) is 18.9 Å². The standard InChI is InChI=1S/C26H26BrN3O4/c1-18-14-23(12-13-24(18)27)34-17-26(32)30-29-19(2)15-25(31)28-21-8-10-22(11-9-21)33-16-20-6-4-3-5-7-20/h3-14H,15-17H2,1-2H3,(H,28,31)(H,30,32)/b29-19+. The first kappa shape index (κ1) is 25.0. The van der Waals surface area contributed by atoms with Crippen molar-refractivity contribution in [3.63, 3.8) is 0 Å². The van der Waals surface area contributed by atoms with Gasteiger partial charge in [-0.05, 0) is 67.4 Å². The van der Waals surface area contributed by atoms with Crippen molar-refractivity contribution >= 4 is 39.1 Å². The van der Waals surface area contributed by atoms with Crippen LogP contribution in [0.1, 0.15) is 24.5 Å². The second-order valence-electron chi connectivity index (χ2n) is 7.61. The van der Waals surface area contributed by atoms with Crippen molar-refractivity contribution in [2.45, 2.75) is 26.9 Å². The highest BCUT2D eigenvalue weighted by Crippen LogP contribution is 2.21. The zero-order valence-electron chi connectivity index (χ0n) is 19.0. The van der Waals surface area contributed by atoms with Crippen LogP contribution in [-0.4, -0.2) is 24.1 Å². The average Bonchev–Trinajstić information content (AvgIpc) is 2.83. The van der Waals surface area contributed by atoms with Gasteiger partial charge in [-0.15, -0.1) is 0 Å². The minimum absolute atomic E-state index is 0.0410. The van der Waals surface area contributed by atoms with Crippen LogP contribution in [0.25, 0.3) is 0 Å². The normalized spacial score (nSPS) is 11.0. The number of hydrazone groups is 1. The fraction of sp³-hybridized carbons (Fsp3) is 0.192. The van der Waals surface area contributed by atoms with Crippen LogP contribution in [-0.2, 0) is 16.2 Å². The van der Waals surface area contributed by atoms with Gasteiger partial charge in [-0.1, -0.05) is 46.3 Å². The lowest BCUT2D eigenvalue weighted by molar-refractivity contribution is -0.123. The number of nitrogens with one attached hydrogen (secondary N) is 2. The van der Waals surface area contributed by atoms with Gasteiger partial charge >= 0.3 is 0 Å². The molecule has 176 valence electrons. The van der Waals surface area contributed by atoms with E-state index in [0.717, 1.165) is 15.6 Å². The predicted octanol–water partition coefficient (Wildman–Crippen LogP) is 5.24. The molecule has 0 saturated carbocycles. The SMILES string of the molecule is C/C(CC(=O)Nc1ccc(OCc2ccccc2)cc1)=N\NC(=O)COc1ccc(Br)c(C)c1. The molecule has 0 heterocycles. The fourth-order valence-corrected chi connectivity index (χ4v) is 3.14. The van der Waals surface area contributed by atoms with Crippen LogP contribution < -0.4 is 20.2 Å². The maximum absolute atomic E-state index is 12.3. The molecular formula is C26H26BrN3O4. The number of amides is 2. The van der Waals surface area contributed by atoms with E-state index in [1.807, 2.05) is 49.4 Å². The van der Waals surface area contributed by atoms with Crippen molar-refractivity contribution in [1.82, 2.24) is 5.43 Å². The zero-order chi connectivity index (χ0) is 24.3. The van der Waals surface area contributed by atoms with Gasteiger partial charge in [0.15, 0.2) is 6.61 Å². The molecule has 0 aliphatic carbocycles. The van der Waals surface area contributed by atoms with Gasteiger partial charge in [0.1, 0.15) is 18.1 Å². The Bertz CT molecular complexity index is 1150. The van der Waals surface area contributed by atoms with Crippen LogP contribution in [0.4, 0.5) is 5.69 Å². The minimum atomic E-state index is -0.411. The fourth-order valence-electron chi connectivity index (χ4n) is 2.90. The molecule has 0 fully saturated rings. The summed E-state index contributed by atoms with van der Waals surface area (Å²) in [5, 5.41) is 6.77. The minimum Gasteiger partial charge on any atom is -0.489 e. The highest BCUT2D eigenvalue weighted by molar-refractivity contribution is 9.10. The molecule has 0 atom stereocenters. The predicted molar refractivity (Wildman–Crippen MR) is 136 cm³/mol. The van der Waals surface area contributed by atoms with Gasteiger partial charge in [-0.3, -0.25) is 9.59 Å². The lowest BCUT2D eigenvalue weighted by Crippen LogP contribution is -2.26. The molecule has 0 spiro atoms. The highest BCUT2D eigenvalue weighted by Gasteiger charge is 2.07. The summed E-state index contributed by atoms with van der Waals surface area (Å²) in [6.07, 6.45) is 0.0410. The van der Waals surface area contributed by atoms with Crippen LogP contribution in [0, 0.1) is 6.92 Å². The van der Waals surface area contributed by atoms with E-state index in [0.29, 0.717) is 29.5 Å². The van der Waals surface area contributed by atoms with Crippen molar-refractivity contribution in [3.05, 3.63) is 88.4 Å². The summed E-state index contributed by atoms with van der Waals surface area (Å²) < 4.78 is 12.2. The van der Waals surface area contributed by atoms with E-state index >= 15 is 0 Å². The number of carbonyl (C=O) groups is 2. The Morgan fingerprint density at radius 3 is 2.32 bits per heavy atom. The number of halogens is 1. The van der Waals surface area contributed by atoms with Gasteiger partial charge in [-0.25, -0.2) is 5.43 Å². The Hall–Kier alpha value is -3.65. The quantitative estimate of drug-likeness (QED) is 0.281. The molecular weight excluding hydrogens is 498 g/mol. The number of hydrogen-bond donors (Lipinski definition) is 2. The van der Waals surface area contributed by atoms with Crippen molar-refractivity contribution in [2.24, 2.45) is 5.10 Å². The molecule has 0 radical (unpaired) electrons. The topological polar surface area (TPSA) is 89.0 Å². The maximum Gasteiger partial charge on any atom is 0.277 e. The Kier molecular flexibility index (Phi) is 9.22. The third kappa shape index (κ3) is 8.37. The van der Waals surface area contributed by atoms with Crippen LogP contribution in [0.3, 0.4) is 0 Å². The Morgan fingerprint density at radius 2 is 1.62 bits per heavy atom. The number of hydrogen-bond acceptors (Lipinski definition) is 5. The number of rotatable bonds is 10. The van der Waals surface area contributed by atoms with Crippen LogP contribution in [0.5, 0.6) is 11.5 Å². The molecule has 0 bridgehead atoms. The van der Waals surface area contributed by atoms with Crippen molar-refractivity contribution in [3.8, 4) is 11.5 Å². The van der Waals surface area contributed by atoms with Crippen molar-refractivity contribution in [1.29, 1.82) is 0 Å². The van der Waals surface area contributed by atoms with Crippen molar-refractivity contribution in [2.75, 3.05) is 11.9 Å². The Balaban J connectivity index is 1.39. The molecule has 0 saturated heterocycles. The third-order valence-electron chi connectivity index (χ3n) is 4.67. The molecule has 8 heteroatoms. The van der Waals surface area contributed by atoms with E-state index in [9.17, 15) is 9.59 Å². The van der Waals surface area contributed by atoms with Crippen molar-refractivity contribution < 1.29 is 19.1 Å². The molecule has 2 amide bonds. The summed E-state index contributed by atoms with van der Waals surface area (Å²) in [7, 11) is 0. The number of ether oxygens (including phenoxy) is 2. The molecule has 34 heavy (non-hydrogen) atoms. The zero-order valence-corrected chi connectivity index (χ0v) is 20.6. The first-order valence-electron chi connectivity index (χ1n) is 10.7. The summed E-state index contributed by atoms with van der Waals surface area (Å²) in [6, 6.07) is 22.5. The molecule has 3 rings (SSSR count). The van der Waals surface area contributed by atoms with Gasteiger partial charge in [0.25, 0.3) is 5.91 Å². The second-order valence-corrected chi connectivity index (χ2v) is 8.46. The van der Waals surface area contributed by atoms with E-state index in [4.69, 9.17) is 9.47 Å². The average molecular weight is 524 g/mol. The van der Waals surface area contributed by atoms with Gasteiger partial charge in [-0.2, -0.15) is 5.10 Å². The van der Waals surface area contributed by atoms with Crippen LogP contribution in [0.2, 0.25) is 0 Å². The molecule has 0 aliphatic heterocycles. The maximum atomic E-state index is 12.3. The number of aryl methyl sites for hydroxylation is 1. The largest absolute Gasteiger partial charge is 0.489 e. The number of carbonyl (C=O) groups excluding carboxylic acids is 2. The lowest BCUT2D eigenvalue weighted by Gasteiger charge is -2.09. The first-order valence-corrected chi connectivity index (χ1v) is 11.5. The van der Waals surface area contributed by atoms with E-state index in [1.54, 1.807) is 37.3 Å². The van der Waals surface area contributed by atoms with Crippen LogP contribution >= 0.6 is 15.9 Å². The number of nitrogens with zero attached hydrogens (tertiary/aromatic N) is 1. The van der Waals surface area contributed by atoms with Gasteiger partial charge in [0.05, 0.1) is 6.42 Å². The lowest BCUT2D eigenvalue weighted by atomic mass is 10.2. The highest BCUT2D eigenvalue weighted by atomic mass is 79.9. The molecule has 0 unspecified atom stereocenters. The Labute approximate surface area is 207 Å². The summed E-state index contributed by atoms with van der Waals surface area (Å²) in [4.78, 5) is 24.2. The van der Waals surface area contributed by atoms with E-state index in [1.165, 1.54) is 0 Å². The number of benzene rings is 3. The molecule has 3 aromatic rings. The van der Waals surface area contributed by atoms with E-state index in [2.05, 4.69) is 31.8 Å². The molecule has 2 N–H and O–H groups in total. The molecule has 0 aliphatic rings. The van der Waals surface area contributed by atoms with Gasteiger partial charge < -0.3 is 14.8 Å². The van der Waals surface area contributed by atoms with Crippen LogP contribution in [0.15, 0.2) is 82.4 Å². The second kappa shape index (κ2) is 12.6. The monoisotopic (exact) mass is 523 g/mol. The summed E-state index contributed by atoms with van der Waals surface area (Å²) in [5.74, 6) is 0.650. The summed E-state index contributed by atoms with van der Waals surface area (Å²) in [6.45, 7) is 3.90.